The minimum absolute atomic E-state index is 0.486. The minimum atomic E-state index is 0.486. The summed E-state index contributed by atoms with van der Waals surface area (Å²) in [5.74, 6) is 0.895. The molecule has 0 aliphatic rings. The molecule has 4 heteroatoms. The molecular weight excluding hydrogens is 258 g/mol. The third-order valence-electron chi connectivity index (χ3n) is 2.74. The molecule has 0 unspecified atom stereocenters. The summed E-state index contributed by atoms with van der Waals surface area (Å²) in [7, 11) is 0. The van der Waals surface area contributed by atoms with Crippen molar-refractivity contribution in [3.63, 3.8) is 0 Å². The van der Waals surface area contributed by atoms with Gasteiger partial charge in [0.05, 0.1) is 12.9 Å². The second-order valence-electron chi connectivity index (χ2n) is 4.84. The Labute approximate surface area is 118 Å². The van der Waals surface area contributed by atoms with Crippen molar-refractivity contribution < 1.29 is 9.15 Å². The van der Waals surface area contributed by atoms with E-state index in [1.54, 1.807) is 17.6 Å². The van der Waals surface area contributed by atoms with Crippen molar-refractivity contribution in [2.75, 3.05) is 6.61 Å². The first-order chi connectivity index (χ1) is 9.24. The molecule has 0 saturated heterocycles. The normalized spacial score (nSPS) is 11.3. The molecule has 104 valence electrons. The van der Waals surface area contributed by atoms with Crippen LogP contribution in [0.25, 0.3) is 0 Å². The number of nitrogens with one attached hydrogen (secondary N) is 1. The van der Waals surface area contributed by atoms with Crippen LogP contribution in [0.3, 0.4) is 0 Å². The molecule has 0 aromatic carbocycles. The molecular formula is C15H21NO2S. The molecule has 2 rings (SSSR count). The standard InChI is InChI=1S/C15H21NO2S/c1-12(2)16-9-13-8-14(18-10-13)11-17-6-5-15-4-3-7-19-15/h3-4,7-8,10,12,16H,5-6,9,11H2,1-2H3. The predicted molar refractivity (Wildman–Crippen MR) is 78.4 cm³/mol. The summed E-state index contributed by atoms with van der Waals surface area (Å²) >= 11 is 1.77. The van der Waals surface area contributed by atoms with E-state index in [9.17, 15) is 0 Å². The summed E-state index contributed by atoms with van der Waals surface area (Å²) in [5, 5.41) is 5.45. The fourth-order valence-corrected chi connectivity index (χ4v) is 2.41. The van der Waals surface area contributed by atoms with Gasteiger partial charge in [0.1, 0.15) is 12.4 Å². The Morgan fingerprint density at radius 3 is 3.05 bits per heavy atom. The van der Waals surface area contributed by atoms with E-state index in [-0.39, 0.29) is 0 Å². The molecule has 0 bridgehead atoms. The van der Waals surface area contributed by atoms with E-state index in [0.29, 0.717) is 12.6 Å². The second-order valence-corrected chi connectivity index (χ2v) is 5.87. The van der Waals surface area contributed by atoms with Crippen LogP contribution >= 0.6 is 11.3 Å². The summed E-state index contributed by atoms with van der Waals surface area (Å²) < 4.78 is 11.1. The monoisotopic (exact) mass is 279 g/mol. The largest absolute Gasteiger partial charge is 0.467 e. The van der Waals surface area contributed by atoms with Crippen molar-refractivity contribution in [2.24, 2.45) is 0 Å². The van der Waals surface area contributed by atoms with Crippen LogP contribution in [0.5, 0.6) is 0 Å². The highest BCUT2D eigenvalue weighted by molar-refractivity contribution is 7.09. The van der Waals surface area contributed by atoms with Crippen LogP contribution < -0.4 is 5.32 Å². The summed E-state index contributed by atoms with van der Waals surface area (Å²) in [5.41, 5.74) is 1.17. The van der Waals surface area contributed by atoms with Gasteiger partial charge in [0.15, 0.2) is 0 Å². The van der Waals surface area contributed by atoms with Gasteiger partial charge in [-0.1, -0.05) is 19.9 Å². The van der Waals surface area contributed by atoms with Crippen molar-refractivity contribution in [1.29, 1.82) is 0 Å². The van der Waals surface area contributed by atoms with Crippen LogP contribution in [0.4, 0.5) is 0 Å². The zero-order valence-electron chi connectivity index (χ0n) is 11.5. The van der Waals surface area contributed by atoms with Crippen molar-refractivity contribution >= 4 is 11.3 Å². The average Bonchev–Trinajstić information content (AvgIpc) is 3.04. The molecule has 1 N–H and O–H groups in total. The molecule has 3 nitrogen and oxygen atoms in total. The van der Waals surface area contributed by atoms with Crippen molar-refractivity contribution in [3.8, 4) is 0 Å². The fraction of sp³-hybridized carbons (Fsp3) is 0.467. The van der Waals surface area contributed by atoms with E-state index in [1.165, 1.54) is 10.4 Å². The molecule has 2 aromatic rings. The first-order valence-electron chi connectivity index (χ1n) is 6.64. The Kier molecular flexibility index (Phi) is 5.63. The molecule has 0 fully saturated rings. The Morgan fingerprint density at radius 2 is 2.32 bits per heavy atom. The third kappa shape index (κ3) is 5.19. The smallest absolute Gasteiger partial charge is 0.129 e. The van der Waals surface area contributed by atoms with E-state index in [0.717, 1.165) is 25.3 Å². The van der Waals surface area contributed by atoms with Crippen LogP contribution in [-0.2, 0) is 24.3 Å². The number of thiophene rings is 1. The Balaban J connectivity index is 1.65. The van der Waals surface area contributed by atoms with Gasteiger partial charge < -0.3 is 14.5 Å². The number of ether oxygens (including phenoxy) is 1. The van der Waals surface area contributed by atoms with Gasteiger partial charge >= 0.3 is 0 Å². The highest BCUT2D eigenvalue weighted by atomic mass is 32.1. The quantitative estimate of drug-likeness (QED) is 0.750. The Bertz CT molecular complexity index is 462. The van der Waals surface area contributed by atoms with E-state index < -0.39 is 0 Å². The van der Waals surface area contributed by atoms with Gasteiger partial charge in [-0.2, -0.15) is 0 Å². The van der Waals surface area contributed by atoms with Gasteiger partial charge in [-0.25, -0.2) is 0 Å². The molecule has 0 spiro atoms. The van der Waals surface area contributed by atoms with Crippen molar-refractivity contribution in [2.45, 2.75) is 39.5 Å². The minimum Gasteiger partial charge on any atom is -0.467 e. The Hall–Kier alpha value is -1.10. The predicted octanol–water partition coefficient (Wildman–Crippen LogP) is 3.60. The lowest BCUT2D eigenvalue weighted by molar-refractivity contribution is 0.109. The van der Waals surface area contributed by atoms with Gasteiger partial charge in [-0.05, 0) is 17.5 Å². The fourth-order valence-electron chi connectivity index (χ4n) is 1.72. The van der Waals surface area contributed by atoms with Crippen molar-refractivity contribution in [1.82, 2.24) is 5.32 Å². The molecule has 19 heavy (non-hydrogen) atoms. The summed E-state index contributed by atoms with van der Waals surface area (Å²) in [6.07, 6.45) is 2.77. The van der Waals surface area contributed by atoms with E-state index >= 15 is 0 Å². The lowest BCUT2D eigenvalue weighted by Crippen LogP contribution is -2.21. The first-order valence-corrected chi connectivity index (χ1v) is 7.52. The summed E-state index contributed by atoms with van der Waals surface area (Å²) in [6, 6.07) is 6.75. The lowest BCUT2D eigenvalue weighted by atomic mass is 10.3. The molecule has 0 radical (unpaired) electrons. The van der Waals surface area contributed by atoms with Gasteiger partial charge in [0.2, 0.25) is 0 Å². The number of rotatable bonds is 8. The second kappa shape index (κ2) is 7.48. The molecule has 0 aliphatic carbocycles. The van der Waals surface area contributed by atoms with Crippen LogP contribution in [-0.4, -0.2) is 12.6 Å². The maximum atomic E-state index is 5.62. The molecule has 2 heterocycles. The first kappa shape index (κ1) is 14.3. The van der Waals surface area contributed by atoms with Gasteiger partial charge in [-0.3, -0.25) is 0 Å². The highest BCUT2D eigenvalue weighted by Crippen LogP contribution is 2.11. The Morgan fingerprint density at radius 1 is 1.42 bits per heavy atom. The third-order valence-corrected chi connectivity index (χ3v) is 3.68. The molecule has 0 atom stereocenters. The van der Waals surface area contributed by atoms with Gasteiger partial charge in [0, 0.05) is 29.4 Å². The molecule has 0 amide bonds. The average molecular weight is 279 g/mol. The lowest BCUT2D eigenvalue weighted by Gasteiger charge is -2.04. The van der Waals surface area contributed by atoms with E-state index in [1.807, 2.05) is 0 Å². The number of hydrogen-bond donors (Lipinski definition) is 1. The van der Waals surface area contributed by atoms with Crippen LogP contribution in [0.2, 0.25) is 0 Å². The number of furan rings is 1. The molecule has 0 saturated carbocycles. The maximum Gasteiger partial charge on any atom is 0.129 e. The van der Waals surface area contributed by atoms with Crippen LogP contribution in [0, 0.1) is 0 Å². The van der Waals surface area contributed by atoms with Gasteiger partial charge in [-0.15, -0.1) is 11.3 Å². The summed E-state index contributed by atoms with van der Waals surface area (Å²) in [6.45, 7) is 6.40. The molecule has 2 aromatic heterocycles. The van der Waals surface area contributed by atoms with Gasteiger partial charge in [0.25, 0.3) is 0 Å². The topological polar surface area (TPSA) is 34.4 Å². The SMILES string of the molecule is CC(C)NCc1coc(COCCc2cccs2)c1. The zero-order chi connectivity index (χ0) is 13.5. The van der Waals surface area contributed by atoms with Crippen molar-refractivity contribution in [3.05, 3.63) is 46.0 Å². The summed E-state index contributed by atoms with van der Waals surface area (Å²) in [4.78, 5) is 1.36. The highest BCUT2D eigenvalue weighted by Gasteiger charge is 2.03. The maximum absolute atomic E-state index is 5.62. The molecule has 0 aliphatic heterocycles. The zero-order valence-corrected chi connectivity index (χ0v) is 12.3. The van der Waals surface area contributed by atoms with E-state index in [2.05, 4.69) is 42.7 Å². The van der Waals surface area contributed by atoms with Crippen LogP contribution in [0.15, 0.2) is 34.3 Å². The number of hydrogen-bond acceptors (Lipinski definition) is 4. The van der Waals surface area contributed by atoms with Crippen LogP contribution in [0.1, 0.15) is 30.0 Å². The van der Waals surface area contributed by atoms with E-state index in [4.69, 9.17) is 9.15 Å².